The van der Waals surface area contributed by atoms with E-state index in [9.17, 15) is 4.79 Å². The molecule has 2 rings (SSSR count). The van der Waals surface area contributed by atoms with Crippen LogP contribution in [-0.2, 0) is 4.79 Å². The van der Waals surface area contributed by atoms with Crippen molar-refractivity contribution in [2.45, 2.75) is 32.4 Å². The third kappa shape index (κ3) is 6.43. The average Bonchev–Trinajstić information content (AvgIpc) is 2.61. The second-order valence-electron chi connectivity index (χ2n) is 7.99. The Hall–Kier alpha value is -0.650. The highest BCUT2D eigenvalue weighted by atomic mass is 127. The Labute approximate surface area is 181 Å². The number of guanidine groups is 1. The van der Waals surface area contributed by atoms with Crippen molar-refractivity contribution in [3.05, 3.63) is 0 Å². The van der Waals surface area contributed by atoms with E-state index < -0.39 is 5.54 Å². The van der Waals surface area contributed by atoms with Gasteiger partial charge in [-0.25, -0.2) is 0 Å². The van der Waals surface area contributed by atoms with E-state index in [0.29, 0.717) is 6.04 Å². The van der Waals surface area contributed by atoms with Gasteiger partial charge in [-0.15, -0.1) is 24.0 Å². The molecule has 0 bridgehead atoms. The zero-order valence-corrected chi connectivity index (χ0v) is 19.9. The highest BCUT2D eigenvalue weighted by molar-refractivity contribution is 14.0. The third-order valence-electron chi connectivity index (χ3n) is 5.74. The van der Waals surface area contributed by atoms with Crippen LogP contribution in [0.3, 0.4) is 0 Å². The number of nitrogens with zero attached hydrogens (tertiary/aromatic N) is 5. The minimum atomic E-state index is -0.600. The Bertz CT molecular complexity index is 506. The lowest BCUT2D eigenvalue weighted by atomic mass is 10.0. The molecule has 2 heterocycles. The molecule has 0 aromatic heterocycles. The standard InChI is InChI=1S/C18H37N7O.HI/c1-6-20-17(21-13-15-14-22(4)7-8-23(15)5)24-9-11-25(12-10-24)18(2,3)16(19)26;/h15H,6-14H2,1-5H3,(H2,19,26)(H,20,21);1H. The summed E-state index contributed by atoms with van der Waals surface area (Å²) in [5.74, 6) is 0.710. The first-order chi connectivity index (χ1) is 12.3. The van der Waals surface area contributed by atoms with Crippen LogP contribution >= 0.6 is 24.0 Å². The molecule has 158 valence electrons. The van der Waals surface area contributed by atoms with Crippen LogP contribution in [0.1, 0.15) is 20.8 Å². The van der Waals surface area contributed by atoms with Crippen LogP contribution in [0.5, 0.6) is 0 Å². The lowest BCUT2D eigenvalue weighted by molar-refractivity contribution is -0.129. The van der Waals surface area contributed by atoms with Gasteiger partial charge < -0.3 is 20.9 Å². The summed E-state index contributed by atoms with van der Waals surface area (Å²) >= 11 is 0. The first-order valence-electron chi connectivity index (χ1n) is 9.72. The fourth-order valence-electron chi connectivity index (χ4n) is 3.55. The Morgan fingerprint density at radius 3 is 2.33 bits per heavy atom. The summed E-state index contributed by atoms with van der Waals surface area (Å²) in [7, 11) is 4.36. The van der Waals surface area contributed by atoms with Gasteiger partial charge in [0.15, 0.2) is 5.96 Å². The molecule has 0 aliphatic carbocycles. The van der Waals surface area contributed by atoms with E-state index in [1.807, 2.05) is 13.8 Å². The quantitative estimate of drug-likeness (QED) is 0.310. The van der Waals surface area contributed by atoms with Gasteiger partial charge in [-0.2, -0.15) is 0 Å². The van der Waals surface area contributed by atoms with E-state index in [4.69, 9.17) is 10.7 Å². The summed E-state index contributed by atoms with van der Waals surface area (Å²) < 4.78 is 0. The number of nitrogens with two attached hydrogens (primary N) is 1. The number of amides is 1. The predicted octanol–water partition coefficient (Wildman–Crippen LogP) is -0.303. The minimum Gasteiger partial charge on any atom is -0.368 e. The average molecular weight is 495 g/mol. The first kappa shape index (κ1) is 24.4. The molecule has 8 nitrogen and oxygen atoms in total. The van der Waals surface area contributed by atoms with Crippen molar-refractivity contribution >= 4 is 35.8 Å². The van der Waals surface area contributed by atoms with Crippen LogP contribution in [0.4, 0.5) is 0 Å². The number of nitrogens with one attached hydrogen (secondary N) is 1. The monoisotopic (exact) mass is 495 g/mol. The van der Waals surface area contributed by atoms with E-state index in [1.165, 1.54) is 0 Å². The second-order valence-corrected chi connectivity index (χ2v) is 7.99. The van der Waals surface area contributed by atoms with Gasteiger partial charge in [-0.3, -0.25) is 19.6 Å². The van der Waals surface area contributed by atoms with Gasteiger partial charge in [-0.05, 0) is 34.9 Å². The van der Waals surface area contributed by atoms with Crippen LogP contribution in [-0.4, -0.2) is 116 Å². The Kier molecular flexibility index (Phi) is 9.73. The van der Waals surface area contributed by atoms with Gasteiger partial charge in [-0.1, -0.05) is 0 Å². The minimum absolute atomic E-state index is 0. The molecule has 2 aliphatic rings. The van der Waals surface area contributed by atoms with Gasteiger partial charge in [0.2, 0.25) is 5.91 Å². The van der Waals surface area contributed by atoms with Crippen molar-refractivity contribution in [3.8, 4) is 0 Å². The summed E-state index contributed by atoms with van der Waals surface area (Å²) in [4.78, 5) is 25.9. The summed E-state index contributed by atoms with van der Waals surface area (Å²) in [6, 6.07) is 0.456. The highest BCUT2D eigenvalue weighted by Crippen LogP contribution is 2.16. The number of rotatable bonds is 5. The summed E-state index contributed by atoms with van der Waals surface area (Å²) in [6.07, 6.45) is 0. The molecule has 0 radical (unpaired) electrons. The molecular weight excluding hydrogens is 457 g/mol. The van der Waals surface area contributed by atoms with Crippen molar-refractivity contribution in [2.75, 3.05) is 73.0 Å². The van der Waals surface area contributed by atoms with Crippen molar-refractivity contribution < 1.29 is 4.79 Å². The number of carbonyl (C=O) groups is 1. The molecule has 0 aromatic carbocycles. The van der Waals surface area contributed by atoms with E-state index in [0.717, 1.165) is 64.9 Å². The molecule has 0 aromatic rings. The zero-order chi connectivity index (χ0) is 19.3. The molecule has 2 aliphatic heterocycles. The number of carbonyl (C=O) groups excluding carboxylic acids is 1. The van der Waals surface area contributed by atoms with E-state index in [-0.39, 0.29) is 29.9 Å². The molecule has 2 fully saturated rings. The fraction of sp³-hybridized carbons (Fsp3) is 0.889. The van der Waals surface area contributed by atoms with Gasteiger partial charge in [0.25, 0.3) is 0 Å². The van der Waals surface area contributed by atoms with E-state index in [2.05, 4.69) is 45.9 Å². The predicted molar refractivity (Wildman–Crippen MR) is 122 cm³/mol. The van der Waals surface area contributed by atoms with Crippen molar-refractivity contribution in [2.24, 2.45) is 10.7 Å². The molecule has 2 saturated heterocycles. The molecule has 1 unspecified atom stereocenters. The zero-order valence-electron chi connectivity index (χ0n) is 17.6. The largest absolute Gasteiger partial charge is 0.368 e. The van der Waals surface area contributed by atoms with Crippen LogP contribution in [0.25, 0.3) is 0 Å². The van der Waals surface area contributed by atoms with E-state index in [1.54, 1.807) is 0 Å². The van der Waals surface area contributed by atoms with Crippen LogP contribution < -0.4 is 11.1 Å². The molecular formula is C18H38IN7O. The number of hydrogen-bond acceptors (Lipinski definition) is 5. The molecule has 3 N–H and O–H groups in total. The first-order valence-corrected chi connectivity index (χ1v) is 9.72. The SMILES string of the molecule is CCNC(=NCC1CN(C)CCN1C)N1CCN(C(C)(C)C(N)=O)CC1.I. The summed E-state index contributed by atoms with van der Waals surface area (Å²) in [5.41, 5.74) is 4.96. The fourth-order valence-corrected chi connectivity index (χ4v) is 3.55. The van der Waals surface area contributed by atoms with Crippen molar-refractivity contribution in [1.29, 1.82) is 0 Å². The van der Waals surface area contributed by atoms with Crippen molar-refractivity contribution in [1.82, 2.24) is 24.9 Å². The van der Waals surface area contributed by atoms with Crippen LogP contribution in [0, 0.1) is 0 Å². The van der Waals surface area contributed by atoms with Crippen LogP contribution in [0.2, 0.25) is 0 Å². The smallest absolute Gasteiger partial charge is 0.237 e. The number of likely N-dealkylation sites (N-methyl/N-ethyl adjacent to an activating group) is 2. The lowest BCUT2D eigenvalue weighted by Gasteiger charge is -2.43. The Morgan fingerprint density at radius 2 is 1.78 bits per heavy atom. The molecule has 1 atom stereocenters. The van der Waals surface area contributed by atoms with Gasteiger partial charge in [0, 0.05) is 58.4 Å². The number of primary amides is 1. The summed E-state index contributed by atoms with van der Waals surface area (Å²) in [5, 5.41) is 3.43. The van der Waals surface area contributed by atoms with Gasteiger partial charge in [0.05, 0.1) is 12.1 Å². The third-order valence-corrected chi connectivity index (χ3v) is 5.74. The van der Waals surface area contributed by atoms with Crippen molar-refractivity contribution in [3.63, 3.8) is 0 Å². The number of piperazine rings is 2. The van der Waals surface area contributed by atoms with E-state index >= 15 is 0 Å². The number of hydrogen-bond donors (Lipinski definition) is 2. The highest BCUT2D eigenvalue weighted by Gasteiger charge is 2.35. The maximum absolute atomic E-state index is 11.7. The van der Waals surface area contributed by atoms with Gasteiger partial charge >= 0.3 is 0 Å². The normalized spacial score (nSPS) is 23.8. The maximum Gasteiger partial charge on any atom is 0.237 e. The molecule has 1 amide bonds. The lowest BCUT2D eigenvalue weighted by Crippen LogP contribution is -2.61. The summed E-state index contributed by atoms with van der Waals surface area (Å²) in [6.45, 7) is 14.2. The molecule has 0 spiro atoms. The number of halogens is 1. The van der Waals surface area contributed by atoms with Gasteiger partial charge in [0.1, 0.15) is 0 Å². The van der Waals surface area contributed by atoms with Crippen LogP contribution in [0.15, 0.2) is 4.99 Å². The maximum atomic E-state index is 11.7. The molecule has 9 heteroatoms. The molecule has 0 saturated carbocycles. The second kappa shape index (κ2) is 10.8. The topological polar surface area (TPSA) is 80.4 Å². The Balaban J connectivity index is 0.00000364. The Morgan fingerprint density at radius 1 is 1.15 bits per heavy atom. The molecule has 27 heavy (non-hydrogen) atoms. The number of aliphatic imine (C=N–C) groups is 1.